The van der Waals surface area contributed by atoms with Crippen LogP contribution in [0.25, 0.3) is 0 Å². The van der Waals surface area contributed by atoms with Gasteiger partial charge >= 0.3 is 8.59 Å². The fourth-order valence-corrected chi connectivity index (χ4v) is 3.85. The summed E-state index contributed by atoms with van der Waals surface area (Å²) in [6.07, 6.45) is 18.3. The fraction of sp³-hybridized carbons (Fsp3) is 1.00. The molecule has 134 valence electrons. The second kappa shape index (κ2) is 19.5. The molecule has 0 aromatic heterocycles. The average molecular weight is 351 g/mol. The Bertz CT molecular complexity index is 186. The molecule has 0 unspecified atom stereocenters. The third-order valence-electron chi connectivity index (χ3n) is 3.99. The van der Waals surface area contributed by atoms with Crippen molar-refractivity contribution in [1.29, 1.82) is 0 Å². The normalized spacial score (nSPS) is 11.5. The molecule has 22 heavy (non-hydrogen) atoms. The van der Waals surface area contributed by atoms with Crippen LogP contribution in [-0.4, -0.2) is 21.8 Å². The Kier molecular flexibility index (Phi) is 19.9. The Morgan fingerprint density at radius 2 is 0.864 bits per heavy atom. The maximum Gasteiger partial charge on any atom is 0.426 e. The highest BCUT2D eigenvalue weighted by Crippen LogP contribution is 2.09. The van der Waals surface area contributed by atoms with Crippen molar-refractivity contribution < 1.29 is 8.85 Å². The highest BCUT2D eigenvalue weighted by molar-refractivity contribution is 6.99. The monoisotopic (exact) mass is 350 g/mol. The van der Waals surface area contributed by atoms with Crippen molar-refractivity contribution >= 4 is 19.7 Å². The van der Waals surface area contributed by atoms with E-state index in [9.17, 15) is 0 Å². The maximum atomic E-state index is 6.14. The van der Waals surface area contributed by atoms with E-state index in [1.165, 1.54) is 77.0 Å². The first-order valence-electron chi connectivity index (χ1n) is 9.68. The van der Waals surface area contributed by atoms with Crippen LogP contribution in [0.4, 0.5) is 0 Å². The summed E-state index contributed by atoms with van der Waals surface area (Å²) in [5, 5.41) is 0. The van der Waals surface area contributed by atoms with Crippen molar-refractivity contribution in [2.75, 3.05) is 13.2 Å². The van der Waals surface area contributed by atoms with Gasteiger partial charge in [-0.15, -0.1) is 11.1 Å². The minimum absolute atomic E-state index is 0.783. The van der Waals surface area contributed by atoms with Gasteiger partial charge in [-0.1, -0.05) is 90.9 Å². The van der Waals surface area contributed by atoms with E-state index < -0.39 is 8.59 Å². The van der Waals surface area contributed by atoms with Crippen LogP contribution in [-0.2, 0) is 8.85 Å². The minimum atomic E-state index is -1.87. The summed E-state index contributed by atoms with van der Waals surface area (Å²) >= 11 is 6.14. The molecular weight excluding hydrogens is 312 g/mol. The zero-order valence-corrected chi connectivity index (χ0v) is 17.0. The third-order valence-corrected chi connectivity index (χ3v) is 5.75. The summed E-state index contributed by atoms with van der Waals surface area (Å²) in [5.74, 6) is 0. The topological polar surface area (TPSA) is 18.5 Å². The molecule has 0 atom stereocenters. The summed E-state index contributed by atoms with van der Waals surface area (Å²) in [4.78, 5) is 0. The summed E-state index contributed by atoms with van der Waals surface area (Å²) in [7, 11) is -1.87. The predicted octanol–water partition coefficient (Wildman–Crippen LogP) is 6.48. The lowest BCUT2D eigenvalue weighted by molar-refractivity contribution is 0.205. The van der Waals surface area contributed by atoms with E-state index in [0.717, 1.165) is 26.1 Å². The van der Waals surface area contributed by atoms with Crippen molar-refractivity contribution in [1.82, 2.24) is 0 Å². The number of halogens is 1. The summed E-state index contributed by atoms with van der Waals surface area (Å²) in [5.41, 5.74) is 0. The molecule has 0 aliphatic heterocycles. The van der Waals surface area contributed by atoms with Gasteiger partial charge in [0.1, 0.15) is 0 Å². The van der Waals surface area contributed by atoms with Gasteiger partial charge in [0.15, 0.2) is 0 Å². The molecule has 0 fully saturated rings. The lowest BCUT2D eigenvalue weighted by atomic mass is 10.1. The lowest BCUT2D eigenvalue weighted by Crippen LogP contribution is -2.17. The Morgan fingerprint density at radius 1 is 0.545 bits per heavy atom. The van der Waals surface area contributed by atoms with Gasteiger partial charge in [-0.2, -0.15) is 0 Å². The summed E-state index contributed by atoms with van der Waals surface area (Å²) in [6.45, 7) is 6.08. The molecule has 0 radical (unpaired) electrons. The maximum absolute atomic E-state index is 6.14. The van der Waals surface area contributed by atoms with Gasteiger partial charge in [0, 0.05) is 13.2 Å². The van der Waals surface area contributed by atoms with Crippen molar-refractivity contribution in [3.63, 3.8) is 0 Å². The highest BCUT2D eigenvalue weighted by atomic mass is 35.6. The zero-order chi connectivity index (χ0) is 16.3. The smallest absolute Gasteiger partial charge is 0.385 e. The molecule has 0 aromatic rings. The standard InChI is InChI=1S/C18H39ClO2Si/c1-3-5-7-9-11-13-15-17-20-22(19)21-18-16-14-12-10-8-6-4-2/h22H,3-18H2,1-2H3. The second-order valence-electron chi connectivity index (χ2n) is 6.26. The summed E-state index contributed by atoms with van der Waals surface area (Å²) < 4.78 is 11.2. The van der Waals surface area contributed by atoms with Gasteiger partial charge in [-0.05, 0) is 12.8 Å². The molecule has 0 amide bonds. The van der Waals surface area contributed by atoms with Crippen molar-refractivity contribution in [2.24, 2.45) is 0 Å². The molecule has 0 N–H and O–H groups in total. The van der Waals surface area contributed by atoms with Crippen LogP contribution in [0, 0.1) is 0 Å². The minimum Gasteiger partial charge on any atom is -0.385 e. The molecule has 0 aliphatic rings. The van der Waals surface area contributed by atoms with Crippen molar-refractivity contribution in [2.45, 2.75) is 104 Å². The van der Waals surface area contributed by atoms with E-state index >= 15 is 0 Å². The molecule has 4 heteroatoms. The molecule has 2 nitrogen and oxygen atoms in total. The molecule has 0 aliphatic carbocycles. The van der Waals surface area contributed by atoms with E-state index in [0.29, 0.717) is 0 Å². The lowest BCUT2D eigenvalue weighted by Gasteiger charge is -2.10. The van der Waals surface area contributed by atoms with Crippen LogP contribution in [0.1, 0.15) is 104 Å². The third kappa shape index (κ3) is 18.5. The Balaban J connectivity index is 3.11. The van der Waals surface area contributed by atoms with E-state index in [-0.39, 0.29) is 0 Å². The van der Waals surface area contributed by atoms with Crippen molar-refractivity contribution in [3.05, 3.63) is 0 Å². The first-order valence-corrected chi connectivity index (χ1v) is 12.4. The quantitative estimate of drug-likeness (QED) is 0.160. The van der Waals surface area contributed by atoms with Crippen LogP contribution in [0.2, 0.25) is 0 Å². The van der Waals surface area contributed by atoms with E-state index in [2.05, 4.69) is 13.8 Å². The molecule has 0 heterocycles. The number of rotatable bonds is 18. The Labute approximate surface area is 145 Å². The predicted molar refractivity (Wildman–Crippen MR) is 101 cm³/mol. The van der Waals surface area contributed by atoms with Crippen molar-refractivity contribution in [3.8, 4) is 0 Å². The molecule has 0 spiro atoms. The number of unbranched alkanes of at least 4 members (excludes halogenated alkanes) is 12. The van der Waals surface area contributed by atoms with Gasteiger partial charge < -0.3 is 8.85 Å². The van der Waals surface area contributed by atoms with E-state index in [1.807, 2.05) is 0 Å². The molecule has 0 rings (SSSR count). The zero-order valence-electron chi connectivity index (χ0n) is 15.1. The van der Waals surface area contributed by atoms with Gasteiger partial charge in [0.05, 0.1) is 0 Å². The summed E-state index contributed by atoms with van der Waals surface area (Å²) in [6, 6.07) is 0. The first kappa shape index (κ1) is 22.4. The van der Waals surface area contributed by atoms with Crippen LogP contribution in [0.3, 0.4) is 0 Å². The van der Waals surface area contributed by atoms with Crippen LogP contribution < -0.4 is 0 Å². The van der Waals surface area contributed by atoms with E-state index in [1.54, 1.807) is 0 Å². The molecular formula is C18H39ClO2Si. The average Bonchev–Trinajstić information content (AvgIpc) is 2.52. The fourth-order valence-electron chi connectivity index (χ4n) is 2.52. The largest absolute Gasteiger partial charge is 0.426 e. The van der Waals surface area contributed by atoms with Gasteiger partial charge in [0.25, 0.3) is 0 Å². The van der Waals surface area contributed by atoms with Crippen LogP contribution >= 0.6 is 11.1 Å². The highest BCUT2D eigenvalue weighted by Gasteiger charge is 2.08. The first-order chi connectivity index (χ1) is 10.8. The molecule has 0 saturated carbocycles. The van der Waals surface area contributed by atoms with Gasteiger partial charge in [-0.3, -0.25) is 0 Å². The molecule has 0 saturated heterocycles. The SMILES string of the molecule is CCCCCCCCCO[SiH](Cl)OCCCCCCCCC. The van der Waals surface area contributed by atoms with Crippen LogP contribution in [0.15, 0.2) is 0 Å². The van der Waals surface area contributed by atoms with Crippen LogP contribution in [0.5, 0.6) is 0 Å². The molecule has 0 bridgehead atoms. The number of hydrogen-bond donors (Lipinski definition) is 0. The Morgan fingerprint density at radius 3 is 1.23 bits per heavy atom. The van der Waals surface area contributed by atoms with Gasteiger partial charge in [0.2, 0.25) is 0 Å². The Hall–Kier alpha value is 0.427. The van der Waals surface area contributed by atoms with Gasteiger partial charge in [-0.25, -0.2) is 0 Å². The second-order valence-corrected chi connectivity index (χ2v) is 8.54. The van der Waals surface area contributed by atoms with E-state index in [4.69, 9.17) is 19.9 Å². The number of hydrogen-bond acceptors (Lipinski definition) is 2. The molecule has 0 aromatic carbocycles.